The highest BCUT2D eigenvalue weighted by Crippen LogP contribution is 2.53. The summed E-state index contributed by atoms with van der Waals surface area (Å²) in [5, 5.41) is 3.22. The number of carbonyl (C=O) groups excluding carboxylic acids is 3. The Morgan fingerprint density at radius 2 is 1.74 bits per heavy atom. The highest BCUT2D eigenvalue weighted by molar-refractivity contribution is 8.00. The number of thioether (sulfide) groups is 1. The van der Waals surface area contributed by atoms with E-state index in [0.29, 0.717) is 37.6 Å². The number of halogens is 1. The molecule has 3 heterocycles. The zero-order valence-electron chi connectivity index (χ0n) is 20.1. The van der Waals surface area contributed by atoms with E-state index in [9.17, 15) is 19.2 Å². The molecule has 2 unspecified atom stereocenters. The molecule has 39 heavy (non-hydrogen) atoms. The van der Waals surface area contributed by atoms with Crippen molar-refractivity contribution >= 4 is 63.8 Å². The molecule has 1 saturated heterocycles. The Morgan fingerprint density at radius 3 is 2.51 bits per heavy atom. The van der Waals surface area contributed by atoms with Gasteiger partial charge in [-0.25, -0.2) is 4.90 Å². The highest BCUT2D eigenvalue weighted by atomic mass is 35.5. The Morgan fingerprint density at radius 1 is 0.974 bits per heavy atom. The first-order valence-electron chi connectivity index (χ1n) is 12.0. The zero-order valence-corrected chi connectivity index (χ0v) is 22.5. The minimum Gasteiger partial charge on any atom is -0.484 e. The molecule has 2 aliphatic heterocycles. The number of aromatic amines is 1. The number of hydrogen-bond donors (Lipinski definition) is 2. The number of imide groups is 1. The molecule has 0 spiro atoms. The summed E-state index contributed by atoms with van der Waals surface area (Å²) in [4.78, 5) is 56.5. The van der Waals surface area contributed by atoms with Gasteiger partial charge in [-0.15, -0.1) is 0 Å². The average Bonchev–Trinajstić information content (AvgIpc) is 3.43. The van der Waals surface area contributed by atoms with Gasteiger partial charge in [-0.05, 0) is 54.1 Å². The molecule has 2 N–H and O–H groups in total. The predicted molar refractivity (Wildman–Crippen MR) is 151 cm³/mol. The second-order valence-electron chi connectivity index (χ2n) is 9.01. The normalized spacial score (nSPS) is 19.9. The molecule has 3 amide bonds. The molecule has 196 valence electrons. The Hall–Kier alpha value is -3.86. The van der Waals surface area contributed by atoms with Crippen LogP contribution in [0.5, 0.6) is 5.75 Å². The van der Waals surface area contributed by atoms with Crippen LogP contribution in [0.15, 0.2) is 88.7 Å². The Balaban J connectivity index is 1.28. The van der Waals surface area contributed by atoms with E-state index in [1.165, 1.54) is 16.7 Å². The van der Waals surface area contributed by atoms with Gasteiger partial charge in [0.25, 0.3) is 5.91 Å². The van der Waals surface area contributed by atoms with Crippen molar-refractivity contribution in [3.63, 3.8) is 0 Å². The first-order chi connectivity index (χ1) is 18.9. The number of H-pyrrole nitrogens is 1. The van der Waals surface area contributed by atoms with E-state index in [1.807, 2.05) is 12.1 Å². The lowest BCUT2D eigenvalue weighted by Crippen LogP contribution is -2.32. The number of benzene rings is 3. The summed E-state index contributed by atoms with van der Waals surface area (Å²) < 4.78 is 5.77. The van der Waals surface area contributed by atoms with E-state index in [4.69, 9.17) is 16.3 Å². The summed E-state index contributed by atoms with van der Waals surface area (Å²) in [6.07, 6.45) is 0. The molecule has 3 atom stereocenters. The van der Waals surface area contributed by atoms with Crippen LogP contribution in [-0.2, 0) is 14.4 Å². The van der Waals surface area contributed by atoms with Gasteiger partial charge in [0.05, 0.1) is 16.6 Å². The van der Waals surface area contributed by atoms with Gasteiger partial charge in [-0.2, -0.15) is 0 Å². The van der Waals surface area contributed by atoms with Crippen molar-refractivity contribution in [1.82, 2.24) is 4.98 Å². The monoisotopic (exact) mass is 577 g/mol. The number of aromatic nitrogens is 1. The molecule has 8 nitrogen and oxygen atoms in total. The molecule has 1 aromatic heterocycles. The van der Waals surface area contributed by atoms with Crippen LogP contribution in [0.2, 0.25) is 5.02 Å². The summed E-state index contributed by atoms with van der Waals surface area (Å²) in [5.41, 5.74) is 1.82. The second kappa shape index (κ2) is 10.4. The van der Waals surface area contributed by atoms with Crippen molar-refractivity contribution in [1.29, 1.82) is 0 Å². The van der Waals surface area contributed by atoms with Crippen LogP contribution in [0.3, 0.4) is 0 Å². The van der Waals surface area contributed by atoms with Gasteiger partial charge in [-0.3, -0.25) is 19.2 Å². The number of para-hydroxylation sites is 1. The molecule has 11 heteroatoms. The SMILES string of the molecule is O=C(COc1cccc([C@H]2c3sc(=O)[nH]c3SC3C(=O)N(c4ccccc4)C(=O)C32)c1)Nc1ccc(Cl)cc1. The van der Waals surface area contributed by atoms with Crippen LogP contribution in [-0.4, -0.2) is 34.6 Å². The van der Waals surface area contributed by atoms with Gasteiger partial charge in [0, 0.05) is 21.5 Å². The first kappa shape index (κ1) is 25.4. The van der Waals surface area contributed by atoms with E-state index in [-0.39, 0.29) is 29.2 Å². The van der Waals surface area contributed by atoms with E-state index in [0.717, 1.165) is 11.3 Å². The maximum absolute atomic E-state index is 13.8. The fraction of sp³-hybridized carbons (Fsp3) is 0.143. The number of rotatable bonds is 6. The molecule has 0 radical (unpaired) electrons. The van der Waals surface area contributed by atoms with Crippen molar-refractivity contribution < 1.29 is 19.1 Å². The van der Waals surface area contributed by atoms with Crippen molar-refractivity contribution in [3.05, 3.63) is 104 Å². The zero-order chi connectivity index (χ0) is 27.1. The Bertz CT molecular complexity index is 1640. The number of hydrogen-bond acceptors (Lipinski definition) is 7. The van der Waals surface area contributed by atoms with E-state index in [2.05, 4.69) is 10.3 Å². The fourth-order valence-corrected chi connectivity index (χ4v) is 7.53. The number of ether oxygens (including phenoxy) is 1. The summed E-state index contributed by atoms with van der Waals surface area (Å²) in [7, 11) is 0. The van der Waals surface area contributed by atoms with Gasteiger partial charge in [0.1, 0.15) is 11.0 Å². The van der Waals surface area contributed by atoms with Crippen LogP contribution in [0.1, 0.15) is 16.4 Å². The molecule has 2 aliphatic rings. The summed E-state index contributed by atoms with van der Waals surface area (Å²) in [6.45, 7) is -0.236. The fourth-order valence-electron chi connectivity index (χ4n) is 4.88. The van der Waals surface area contributed by atoms with Crippen LogP contribution >= 0.6 is 34.7 Å². The second-order valence-corrected chi connectivity index (χ2v) is 11.6. The molecule has 0 saturated carbocycles. The highest BCUT2D eigenvalue weighted by Gasteiger charge is 2.56. The van der Waals surface area contributed by atoms with Gasteiger partial charge in [0.15, 0.2) is 6.61 Å². The lowest BCUT2D eigenvalue weighted by Gasteiger charge is -2.30. The minimum atomic E-state index is -0.704. The van der Waals surface area contributed by atoms with E-state index >= 15 is 0 Å². The Labute approximate surface area is 236 Å². The molecule has 0 bridgehead atoms. The van der Waals surface area contributed by atoms with E-state index < -0.39 is 17.1 Å². The van der Waals surface area contributed by atoms with Gasteiger partial charge < -0.3 is 15.0 Å². The molecular formula is C28H20ClN3O5S2. The van der Waals surface area contributed by atoms with Crippen LogP contribution in [0, 0.1) is 5.92 Å². The third kappa shape index (κ3) is 4.87. The number of fused-ring (bicyclic) bond motifs is 2. The molecular weight excluding hydrogens is 558 g/mol. The minimum absolute atomic E-state index is 0.236. The lowest BCUT2D eigenvalue weighted by molar-refractivity contribution is -0.122. The Kier molecular flexibility index (Phi) is 6.76. The first-order valence-corrected chi connectivity index (χ1v) is 14.1. The molecule has 3 aromatic carbocycles. The van der Waals surface area contributed by atoms with Crippen molar-refractivity contribution in [2.24, 2.45) is 5.92 Å². The number of thiazole rings is 1. The maximum atomic E-state index is 13.8. The van der Waals surface area contributed by atoms with Crippen molar-refractivity contribution in [2.75, 3.05) is 16.8 Å². The third-order valence-electron chi connectivity index (χ3n) is 6.55. The number of amides is 3. The molecule has 0 aliphatic carbocycles. The predicted octanol–water partition coefficient (Wildman–Crippen LogP) is 4.90. The maximum Gasteiger partial charge on any atom is 0.305 e. The molecule has 4 aromatic rings. The summed E-state index contributed by atoms with van der Waals surface area (Å²) >= 11 is 8.16. The van der Waals surface area contributed by atoms with Crippen molar-refractivity contribution in [2.45, 2.75) is 16.2 Å². The van der Waals surface area contributed by atoms with Gasteiger partial charge >= 0.3 is 4.87 Å². The third-order valence-corrected chi connectivity index (χ3v) is 9.21. The summed E-state index contributed by atoms with van der Waals surface area (Å²) in [6, 6.07) is 22.7. The average molecular weight is 578 g/mol. The number of carbonyl (C=O) groups is 3. The molecule has 1 fully saturated rings. The largest absolute Gasteiger partial charge is 0.484 e. The van der Waals surface area contributed by atoms with Gasteiger partial charge in [-0.1, -0.05) is 65.0 Å². The number of nitrogens with zero attached hydrogens (tertiary/aromatic N) is 1. The van der Waals surface area contributed by atoms with Crippen LogP contribution < -0.4 is 19.8 Å². The van der Waals surface area contributed by atoms with Crippen molar-refractivity contribution in [3.8, 4) is 5.75 Å². The molecule has 6 rings (SSSR count). The topological polar surface area (TPSA) is 109 Å². The van der Waals surface area contributed by atoms with Gasteiger partial charge in [0.2, 0.25) is 11.8 Å². The summed E-state index contributed by atoms with van der Waals surface area (Å²) in [5.74, 6) is -1.78. The number of anilines is 2. The lowest BCUT2D eigenvalue weighted by atomic mass is 9.83. The standard InChI is InChI=1S/C28H20ClN3O5S2/c29-16-9-11-17(12-10-16)30-20(33)14-37-19-8-4-5-15(13-19)21-22-24(38-25-23(21)39-28(36)31-25)27(35)32(26(22)34)18-6-2-1-3-7-18/h1-13,21-22,24H,14H2,(H,30,33)(H,31,36)/t21-,22?,24?/m1/s1. The smallest absolute Gasteiger partial charge is 0.305 e. The van der Waals surface area contributed by atoms with E-state index in [1.54, 1.807) is 66.7 Å². The number of nitrogens with one attached hydrogen (secondary N) is 2. The van der Waals surface area contributed by atoms with Crippen LogP contribution in [0.25, 0.3) is 0 Å². The quantitative estimate of drug-likeness (QED) is 0.316. The van der Waals surface area contributed by atoms with Crippen LogP contribution in [0.4, 0.5) is 11.4 Å².